The molecule has 0 radical (unpaired) electrons. The average molecular weight is 480 g/mol. The number of hydrogen-bond donors (Lipinski definition) is 0. The Morgan fingerprint density at radius 2 is 1.08 bits per heavy atom. The van der Waals surface area contributed by atoms with Crippen molar-refractivity contribution in [2.45, 2.75) is 0 Å². The molecule has 0 amide bonds. The van der Waals surface area contributed by atoms with Gasteiger partial charge in [0, 0.05) is 21.5 Å². The molecule has 1 nitrogen and oxygen atoms in total. The fourth-order valence-corrected chi connectivity index (χ4v) is 5.49. The van der Waals surface area contributed by atoms with Crippen molar-refractivity contribution in [2.24, 2.45) is 0 Å². The van der Waals surface area contributed by atoms with Gasteiger partial charge in [-0.15, -0.1) is 0 Å². The maximum atomic E-state index is 6.21. The Morgan fingerprint density at radius 3 is 1.86 bits per heavy atom. The summed E-state index contributed by atoms with van der Waals surface area (Å²) in [7, 11) is 0. The Balaban J connectivity index is 1.58. The summed E-state index contributed by atoms with van der Waals surface area (Å²) in [5.74, 6) is 0. The van der Waals surface area contributed by atoms with Gasteiger partial charge >= 0.3 is 0 Å². The third kappa shape index (κ3) is 3.40. The lowest BCUT2D eigenvalue weighted by atomic mass is 9.98. The van der Waals surface area contributed by atoms with E-state index >= 15 is 0 Å². The van der Waals surface area contributed by atoms with Crippen molar-refractivity contribution in [1.82, 2.24) is 4.57 Å². The van der Waals surface area contributed by atoms with Gasteiger partial charge in [0.05, 0.1) is 11.0 Å². The Hall–Kier alpha value is -4.33. The van der Waals surface area contributed by atoms with Crippen molar-refractivity contribution in [2.75, 3.05) is 0 Å². The van der Waals surface area contributed by atoms with Crippen molar-refractivity contribution in [3.63, 3.8) is 0 Å². The first kappa shape index (κ1) is 21.0. The first-order valence-corrected chi connectivity index (χ1v) is 12.5. The molecule has 36 heavy (non-hydrogen) atoms. The van der Waals surface area contributed by atoms with Crippen LogP contribution in [-0.4, -0.2) is 4.57 Å². The van der Waals surface area contributed by atoms with E-state index in [0.29, 0.717) is 0 Å². The summed E-state index contributed by atoms with van der Waals surface area (Å²) in [5.41, 5.74) is 8.24. The fraction of sp³-hybridized carbons (Fsp3) is 0. The molecule has 0 unspecified atom stereocenters. The number of rotatable bonds is 3. The molecule has 0 fully saturated rings. The molecule has 0 N–H and O–H groups in total. The number of para-hydroxylation sites is 1. The van der Waals surface area contributed by atoms with E-state index in [1.165, 1.54) is 43.7 Å². The SMILES string of the molecule is Clc1ccc(-c2cc(-c3ccccc3)cc(-n3c4ccccc4c4c5ccccc5ccc43)c2)cc1. The third-order valence-corrected chi connectivity index (χ3v) is 7.27. The van der Waals surface area contributed by atoms with Crippen molar-refractivity contribution < 1.29 is 0 Å². The van der Waals surface area contributed by atoms with Gasteiger partial charge in [-0.25, -0.2) is 0 Å². The van der Waals surface area contributed by atoms with Crippen LogP contribution in [0.25, 0.3) is 60.5 Å². The van der Waals surface area contributed by atoms with Gasteiger partial charge < -0.3 is 4.57 Å². The van der Waals surface area contributed by atoms with Crippen molar-refractivity contribution in [1.29, 1.82) is 0 Å². The number of aromatic nitrogens is 1. The number of nitrogens with zero attached hydrogens (tertiary/aromatic N) is 1. The number of hydrogen-bond acceptors (Lipinski definition) is 0. The maximum absolute atomic E-state index is 6.21. The molecule has 0 saturated heterocycles. The van der Waals surface area contributed by atoms with Gasteiger partial charge in [-0.3, -0.25) is 0 Å². The molecule has 0 aliphatic heterocycles. The van der Waals surface area contributed by atoms with Crippen LogP contribution >= 0.6 is 11.6 Å². The predicted octanol–water partition coefficient (Wildman–Crippen LogP) is 9.92. The topological polar surface area (TPSA) is 4.93 Å². The van der Waals surface area contributed by atoms with Gasteiger partial charge in [-0.05, 0) is 75.5 Å². The zero-order valence-electron chi connectivity index (χ0n) is 19.5. The molecule has 7 aromatic rings. The average Bonchev–Trinajstić information content (AvgIpc) is 3.29. The molecule has 0 bridgehead atoms. The van der Waals surface area contributed by atoms with Crippen LogP contribution in [0.1, 0.15) is 0 Å². The molecule has 0 saturated carbocycles. The summed E-state index contributed by atoms with van der Waals surface area (Å²) in [4.78, 5) is 0. The largest absolute Gasteiger partial charge is 0.309 e. The van der Waals surface area contributed by atoms with Crippen molar-refractivity contribution >= 4 is 44.2 Å². The normalized spacial score (nSPS) is 11.5. The van der Waals surface area contributed by atoms with Gasteiger partial charge in [0.2, 0.25) is 0 Å². The maximum Gasteiger partial charge on any atom is 0.0547 e. The third-order valence-electron chi connectivity index (χ3n) is 7.02. The summed E-state index contributed by atoms with van der Waals surface area (Å²) in [6.45, 7) is 0. The highest BCUT2D eigenvalue weighted by molar-refractivity contribution is 6.30. The Bertz CT molecular complexity index is 1880. The van der Waals surface area contributed by atoms with Crippen molar-refractivity contribution in [3.05, 3.63) is 138 Å². The molecule has 170 valence electrons. The minimum absolute atomic E-state index is 0.743. The number of benzene rings is 6. The highest BCUT2D eigenvalue weighted by Crippen LogP contribution is 2.39. The molecule has 0 aliphatic carbocycles. The molecular formula is C34H22ClN. The summed E-state index contributed by atoms with van der Waals surface area (Å²) >= 11 is 6.21. The van der Waals surface area contributed by atoms with E-state index in [4.69, 9.17) is 11.6 Å². The predicted molar refractivity (Wildman–Crippen MR) is 154 cm³/mol. The molecule has 7 rings (SSSR count). The van der Waals surface area contributed by atoms with Gasteiger partial charge in [0.15, 0.2) is 0 Å². The quantitative estimate of drug-likeness (QED) is 0.237. The minimum atomic E-state index is 0.743. The highest BCUT2D eigenvalue weighted by atomic mass is 35.5. The summed E-state index contributed by atoms with van der Waals surface area (Å²) < 4.78 is 2.41. The van der Waals surface area contributed by atoms with Crippen LogP contribution in [0, 0.1) is 0 Å². The monoisotopic (exact) mass is 479 g/mol. The Morgan fingerprint density at radius 1 is 0.444 bits per heavy atom. The number of fused-ring (bicyclic) bond motifs is 5. The molecule has 0 spiro atoms. The lowest BCUT2D eigenvalue weighted by Crippen LogP contribution is -1.96. The second-order valence-electron chi connectivity index (χ2n) is 9.17. The van der Waals surface area contributed by atoms with Crippen LogP contribution < -0.4 is 0 Å². The fourth-order valence-electron chi connectivity index (χ4n) is 5.36. The molecule has 1 aromatic heterocycles. The van der Waals surface area contributed by atoms with Gasteiger partial charge in [-0.2, -0.15) is 0 Å². The first-order valence-electron chi connectivity index (χ1n) is 12.1. The van der Waals surface area contributed by atoms with Crippen LogP contribution in [0.2, 0.25) is 5.02 Å². The van der Waals surface area contributed by atoms with Crippen LogP contribution in [0.3, 0.4) is 0 Å². The highest BCUT2D eigenvalue weighted by Gasteiger charge is 2.16. The van der Waals surface area contributed by atoms with Gasteiger partial charge in [0.25, 0.3) is 0 Å². The van der Waals surface area contributed by atoms with Crippen molar-refractivity contribution in [3.8, 4) is 27.9 Å². The zero-order valence-corrected chi connectivity index (χ0v) is 20.3. The standard InChI is InChI=1S/C34H22ClN/c35-28-17-14-24(15-18-28)27-20-26(23-8-2-1-3-9-23)21-29(22-27)36-32-13-7-6-12-31(32)34-30-11-5-4-10-25(30)16-19-33(34)36/h1-22H. The van der Waals surface area contributed by atoms with Crippen LogP contribution in [0.4, 0.5) is 0 Å². The smallest absolute Gasteiger partial charge is 0.0547 e. The second-order valence-corrected chi connectivity index (χ2v) is 9.61. The first-order chi connectivity index (χ1) is 17.8. The second kappa shape index (κ2) is 8.41. The van der Waals surface area contributed by atoms with Crippen LogP contribution in [0.5, 0.6) is 0 Å². The molecular weight excluding hydrogens is 458 g/mol. The lowest BCUT2D eigenvalue weighted by molar-refractivity contribution is 1.18. The molecule has 0 aliphatic rings. The summed E-state index contributed by atoms with van der Waals surface area (Å²) in [5, 5.41) is 5.84. The van der Waals surface area contributed by atoms with E-state index in [1.54, 1.807) is 0 Å². The van der Waals surface area contributed by atoms with Gasteiger partial charge in [0.1, 0.15) is 0 Å². The molecule has 2 heteroatoms. The molecule has 1 heterocycles. The van der Waals surface area contributed by atoms with Crippen LogP contribution in [0.15, 0.2) is 133 Å². The summed E-state index contributed by atoms with van der Waals surface area (Å²) in [6, 6.07) is 47.4. The van der Waals surface area contributed by atoms with E-state index in [9.17, 15) is 0 Å². The van der Waals surface area contributed by atoms with E-state index in [1.807, 2.05) is 12.1 Å². The number of halogens is 1. The Kier molecular flexibility index (Phi) is 4.90. The lowest BCUT2D eigenvalue weighted by Gasteiger charge is -2.14. The van der Waals surface area contributed by atoms with E-state index in [2.05, 4.69) is 126 Å². The minimum Gasteiger partial charge on any atom is -0.309 e. The van der Waals surface area contributed by atoms with Gasteiger partial charge in [-0.1, -0.05) is 103 Å². The summed E-state index contributed by atoms with van der Waals surface area (Å²) in [6.07, 6.45) is 0. The van der Waals surface area contributed by atoms with E-state index in [0.717, 1.165) is 21.8 Å². The molecule has 0 atom stereocenters. The zero-order chi connectivity index (χ0) is 24.1. The van der Waals surface area contributed by atoms with E-state index in [-0.39, 0.29) is 0 Å². The van der Waals surface area contributed by atoms with E-state index < -0.39 is 0 Å². The molecule has 6 aromatic carbocycles. The van der Waals surface area contributed by atoms with Crippen LogP contribution in [-0.2, 0) is 0 Å². The Labute approximate surface area is 214 Å².